The van der Waals surface area contributed by atoms with E-state index >= 15 is 0 Å². The van der Waals surface area contributed by atoms with Crippen molar-refractivity contribution in [2.24, 2.45) is 0 Å². The number of rotatable bonds is 3. The molecule has 7 heteroatoms. The van der Waals surface area contributed by atoms with Crippen molar-refractivity contribution in [2.75, 3.05) is 0 Å². The molecule has 4 rings (SSSR count). The number of aryl methyl sites for hydroxylation is 1. The molecule has 4 aromatic rings. The molecule has 0 saturated carbocycles. The molecule has 6 nitrogen and oxygen atoms in total. The third-order valence-electron chi connectivity index (χ3n) is 3.60. The van der Waals surface area contributed by atoms with Crippen LogP contribution in [0.1, 0.15) is 5.69 Å². The maximum atomic E-state index is 9.64. The molecule has 25 heavy (non-hydrogen) atoms. The molecule has 2 aromatic carbocycles. The van der Waals surface area contributed by atoms with Crippen LogP contribution in [0.25, 0.3) is 16.9 Å². The van der Waals surface area contributed by atoms with Crippen LogP contribution >= 0.6 is 11.6 Å². The zero-order chi connectivity index (χ0) is 17.4. The summed E-state index contributed by atoms with van der Waals surface area (Å²) in [6, 6.07) is 16.3. The fraction of sp³-hybridized carbons (Fsp3) is 0.0556. The van der Waals surface area contributed by atoms with Gasteiger partial charge in [0.2, 0.25) is 5.28 Å². The Morgan fingerprint density at radius 2 is 1.84 bits per heavy atom. The van der Waals surface area contributed by atoms with E-state index in [1.165, 1.54) is 6.07 Å². The molecule has 0 atom stereocenters. The van der Waals surface area contributed by atoms with Gasteiger partial charge in [0.15, 0.2) is 0 Å². The predicted molar refractivity (Wildman–Crippen MR) is 94.6 cm³/mol. The van der Waals surface area contributed by atoms with Gasteiger partial charge in [0.1, 0.15) is 17.3 Å². The van der Waals surface area contributed by atoms with Crippen molar-refractivity contribution in [3.05, 3.63) is 65.6 Å². The second-order valence-corrected chi connectivity index (χ2v) is 5.79. The van der Waals surface area contributed by atoms with Crippen molar-refractivity contribution in [1.82, 2.24) is 19.5 Å². The summed E-state index contributed by atoms with van der Waals surface area (Å²) in [5.41, 5.74) is 2.31. The average molecular weight is 353 g/mol. The number of halogens is 1. The lowest BCUT2D eigenvalue weighted by atomic mass is 10.3. The van der Waals surface area contributed by atoms with Gasteiger partial charge in [-0.25, -0.2) is 9.55 Å². The van der Waals surface area contributed by atoms with Gasteiger partial charge in [-0.1, -0.05) is 18.2 Å². The Morgan fingerprint density at radius 3 is 2.64 bits per heavy atom. The van der Waals surface area contributed by atoms with Gasteiger partial charge in [0.05, 0.1) is 11.0 Å². The van der Waals surface area contributed by atoms with Gasteiger partial charge < -0.3 is 9.84 Å². The van der Waals surface area contributed by atoms with Crippen LogP contribution in [0.5, 0.6) is 17.5 Å². The van der Waals surface area contributed by atoms with Crippen LogP contribution in [0.15, 0.2) is 54.6 Å². The number of fused-ring (bicyclic) bond motifs is 1. The molecule has 2 heterocycles. The smallest absolute Gasteiger partial charge is 0.308 e. The van der Waals surface area contributed by atoms with Gasteiger partial charge in [-0.3, -0.25) is 0 Å². The predicted octanol–water partition coefficient (Wildman–Crippen LogP) is 4.28. The highest BCUT2D eigenvalue weighted by Crippen LogP contribution is 2.30. The molecular formula is C18H13ClN4O2. The van der Waals surface area contributed by atoms with Gasteiger partial charge in [-0.05, 0) is 42.8 Å². The van der Waals surface area contributed by atoms with E-state index in [9.17, 15) is 5.11 Å². The first-order valence-corrected chi connectivity index (χ1v) is 7.94. The van der Waals surface area contributed by atoms with Crippen molar-refractivity contribution < 1.29 is 9.84 Å². The maximum absolute atomic E-state index is 9.64. The minimum absolute atomic E-state index is 0.112. The quantitative estimate of drug-likeness (QED) is 0.557. The van der Waals surface area contributed by atoms with E-state index in [0.29, 0.717) is 17.6 Å². The van der Waals surface area contributed by atoms with Crippen LogP contribution in [-0.4, -0.2) is 24.6 Å². The Morgan fingerprint density at radius 1 is 1.00 bits per heavy atom. The summed E-state index contributed by atoms with van der Waals surface area (Å²) in [5, 5.41) is 9.79. The summed E-state index contributed by atoms with van der Waals surface area (Å²) in [6.45, 7) is 1.84. The van der Waals surface area contributed by atoms with Crippen LogP contribution < -0.4 is 4.74 Å². The topological polar surface area (TPSA) is 73.1 Å². The number of phenols is 1. The van der Waals surface area contributed by atoms with Crippen LogP contribution in [0.2, 0.25) is 5.28 Å². The Hall–Kier alpha value is -3.12. The molecule has 0 unspecified atom stereocenters. The molecule has 0 amide bonds. The van der Waals surface area contributed by atoms with Crippen LogP contribution in [0.4, 0.5) is 0 Å². The Labute approximate surface area is 148 Å². The number of hydrogen-bond acceptors (Lipinski definition) is 5. The molecule has 0 saturated heterocycles. The number of nitrogens with zero attached hydrogens (tertiary/aromatic N) is 4. The number of imidazole rings is 1. The Balaban J connectivity index is 1.92. The molecule has 124 valence electrons. The SMILES string of the molecule is Cc1cc(-n2c(Oc3cccc(O)c3)nc3ccccc32)nc(Cl)n1. The number of ether oxygens (including phenoxy) is 1. The molecule has 0 aliphatic rings. The van der Waals surface area contributed by atoms with Crippen molar-refractivity contribution >= 4 is 22.6 Å². The molecule has 0 aliphatic heterocycles. The van der Waals surface area contributed by atoms with E-state index in [-0.39, 0.29) is 11.0 Å². The maximum Gasteiger partial charge on any atom is 0.308 e. The van der Waals surface area contributed by atoms with Gasteiger partial charge in [-0.15, -0.1) is 0 Å². The van der Waals surface area contributed by atoms with E-state index in [4.69, 9.17) is 16.3 Å². The van der Waals surface area contributed by atoms with Crippen molar-refractivity contribution in [3.63, 3.8) is 0 Å². The third kappa shape index (κ3) is 2.99. The van der Waals surface area contributed by atoms with Crippen LogP contribution in [-0.2, 0) is 0 Å². The van der Waals surface area contributed by atoms with Gasteiger partial charge in [-0.2, -0.15) is 9.97 Å². The lowest BCUT2D eigenvalue weighted by molar-refractivity contribution is 0.426. The molecule has 1 N–H and O–H groups in total. The number of aromatic nitrogens is 4. The lowest BCUT2D eigenvalue weighted by Crippen LogP contribution is -2.02. The third-order valence-corrected chi connectivity index (χ3v) is 3.77. The Kier molecular flexibility index (Phi) is 3.74. The van der Waals surface area contributed by atoms with Gasteiger partial charge in [0.25, 0.3) is 0 Å². The van der Waals surface area contributed by atoms with Crippen molar-refractivity contribution in [1.29, 1.82) is 0 Å². The molecule has 0 aliphatic carbocycles. The highest BCUT2D eigenvalue weighted by atomic mass is 35.5. The Bertz CT molecular complexity index is 1060. The molecule has 0 fully saturated rings. The standard InChI is InChI=1S/C18H13ClN4O2/c1-11-9-16(22-17(19)20-11)23-15-8-3-2-7-14(15)21-18(23)25-13-6-4-5-12(24)10-13/h2-10,24H,1H3. The van der Waals surface area contributed by atoms with Gasteiger partial charge in [0, 0.05) is 17.8 Å². The minimum atomic E-state index is 0.112. The van der Waals surface area contributed by atoms with Crippen molar-refractivity contribution in [3.8, 4) is 23.3 Å². The number of hydrogen-bond donors (Lipinski definition) is 1. The van der Waals surface area contributed by atoms with E-state index in [0.717, 1.165) is 16.7 Å². The number of para-hydroxylation sites is 2. The monoisotopic (exact) mass is 352 g/mol. The van der Waals surface area contributed by atoms with E-state index in [2.05, 4.69) is 15.0 Å². The molecule has 0 bridgehead atoms. The number of phenolic OH excluding ortho intramolecular Hbond substituents is 1. The second-order valence-electron chi connectivity index (χ2n) is 5.45. The van der Waals surface area contributed by atoms with Crippen molar-refractivity contribution in [2.45, 2.75) is 6.92 Å². The lowest BCUT2D eigenvalue weighted by Gasteiger charge is -2.10. The zero-order valence-electron chi connectivity index (χ0n) is 13.2. The van der Waals surface area contributed by atoms with E-state index in [1.54, 1.807) is 28.8 Å². The normalized spacial score (nSPS) is 11.0. The summed E-state index contributed by atoms with van der Waals surface area (Å²) < 4.78 is 7.66. The molecule has 2 aromatic heterocycles. The van der Waals surface area contributed by atoms with Crippen LogP contribution in [0.3, 0.4) is 0 Å². The largest absolute Gasteiger partial charge is 0.508 e. The van der Waals surface area contributed by atoms with E-state index < -0.39 is 0 Å². The highest BCUT2D eigenvalue weighted by molar-refractivity contribution is 6.28. The number of aromatic hydroxyl groups is 1. The average Bonchev–Trinajstić information content (AvgIpc) is 2.91. The highest BCUT2D eigenvalue weighted by Gasteiger charge is 2.16. The summed E-state index contributed by atoms with van der Waals surface area (Å²) in [6.07, 6.45) is 0. The fourth-order valence-electron chi connectivity index (χ4n) is 2.58. The molecule has 0 radical (unpaired) electrons. The first kappa shape index (κ1) is 15.4. The first-order valence-electron chi connectivity index (χ1n) is 7.56. The summed E-state index contributed by atoms with van der Waals surface area (Å²) in [7, 11) is 0. The van der Waals surface area contributed by atoms with E-state index in [1.807, 2.05) is 31.2 Å². The summed E-state index contributed by atoms with van der Waals surface area (Å²) >= 11 is 6.02. The molecule has 0 spiro atoms. The fourth-order valence-corrected chi connectivity index (χ4v) is 2.80. The second kappa shape index (κ2) is 6.07. The zero-order valence-corrected chi connectivity index (χ0v) is 14.0. The number of benzene rings is 2. The van der Waals surface area contributed by atoms with Gasteiger partial charge >= 0.3 is 6.01 Å². The van der Waals surface area contributed by atoms with Crippen LogP contribution in [0, 0.1) is 6.92 Å². The summed E-state index contributed by atoms with van der Waals surface area (Å²) in [5.74, 6) is 1.14. The molecular weight excluding hydrogens is 340 g/mol. The summed E-state index contributed by atoms with van der Waals surface area (Å²) in [4.78, 5) is 12.9. The first-order chi connectivity index (χ1) is 12.1. The minimum Gasteiger partial charge on any atom is -0.508 e.